The second kappa shape index (κ2) is 8.00. The normalized spacial score (nSPS) is 19.2. The maximum Gasteiger partial charge on any atom is 0.261 e. The standard InChI is InChI=1S/C22H26N4O2S2/c1-16-12-23-22(20-13-24-29-21(16)20)30(27,28)26-10-6-17(7-11-26)14-25-9-8-18-4-2-3-5-19(18)15-25/h2-5,12-13,17H,6-11,14-15H2,1H3. The molecule has 6 nitrogen and oxygen atoms in total. The molecule has 0 radical (unpaired) electrons. The summed E-state index contributed by atoms with van der Waals surface area (Å²) in [5, 5.41) is 0.803. The number of sulfonamides is 1. The summed E-state index contributed by atoms with van der Waals surface area (Å²) in [6, 6.07) is 8.69. The molecule has 2 aromatic heterocycles. The van der Waals surface area contributed by atoms with Gasteiger partial charge in [0.1, 0.15) is 0 Å². The molecule has 0 bridgehead atoms. The van der Waals surface area contributed by atoms with Gasteiger partial charge in [-0.3, -0.25) is 4.90 Å². The third-order valence-corrected chi connectivity index (χ3v) is 9.21. The van der Waals surface area contributed by atoms with Crippen LogP contribution in [0.1, 0.15) is 29.5 Å². The van der Waals surface area contributed by atoms with Crippen molar-refractivity contribution in [2.45, 2.75) is 37.8 Å². The second-order valence-electron chi connectivity index (χ2n) is 8.42. The molecule has 0 aliphatic carbocycles. The minimum atomic E-state index is -3.60. The molecule has 0 unspecified atom stereocenters. The van der Waals surface area contributed by atoms with Crippen LogP contribution in [0.5, 0.6) is 0 Å². The summed E-state index contributed by atoms with van der Waals surface area (Å²) in [5.41, 5.74) is 3.87. The second-order valence-corrected chi connectivity index (χ2v) is 11.1. The van der Waals surface area contributed by atoms with E-state index in [-0.39, 0.29) is 5.03 Å². The third-order valence-electron chi connectivity index (χ3n) is 6.42. The van der Waals surface area contributed by atoms with Crippen LogP contribution in [0.15, 0.2) is 41.7 Å². The number of aryl methyl sites for hydroxylation is 1. The molecule has 2 aliphatic heterocycles. The van der Waals surface area contributed by atoms with Crippen LogP contribution in [0.2, 0.25) is 0 Å². The largest absolute Gasteiger partial charge is 0.298 e. The zero-order valence-corrected chi connectivity index (χ0v) is 18.8. The SMILES string of the molecule is Cc1cnc(S(=O)(=O)N2CCC(CN3CCc4ccccc4C3)CC2)c2cnsc12. The molecule has 3 aromatic rings. The highest BCUT2D eigenvalue weighted by atomic mass is 32.2. The zero-order valence-electron chi connectivity index (χ0n) is 17.1. The van der Waals surface area contributed by atoms with Crippen LogP contribution in [0.4, 0.5) is 0 Å². The quantitative estimate of drug-likeness (QED) is 0.619. The van der Waals surface area contributed by atoms with E-state index < -0.39 is 10.0 Å². The Bertz CT molecular complexity index is 1170. The van der Waals surface area contributed by atoms with Gasteiger partial charge in [0, 0.05) is 38.9 Å². The van der Waals surface area contributed by atoms with Crippen molar-refractivity contribution in [2.24, 2.45) is 5.92 Å². The molecule has 0 amide bonds. The van der Waals surface area contributed by atoms with Gasteiger partial charge in [-0.1, -0.05) is 24.3 Å². The molecule has 0 saturated carbocycles. The lowest BCUT2D eigenvalue weighted by Crippen LogP contribution is -2.42. The molecule has 30 heavy (non-hydrogen) atoms. The van der Waals surface area contributed by atoms with Gasteiger partial charge in [0.15, 0.2) is 5.03 Å². The molecule has 1 fully saturated rings. The van der Waals surface area contributed by atoms with Crippen molar-refractivity contribution in [3.63, 3.8) is 0 Å². The van der Waals surface area contributed by atoms with Gasteiger partial charge in [0.2, 0.25) is 0 Å². The van der Waals surface area contributed by atoms with Gasteiger partial charge in [-0.2, -0.15) is 8.68 Å². The van der Waals surface area contributed by atoms with Gasteiger partial charge < -0.3 is 0 Å². The maximum absolute atomic E-state index is 13.3. The molecule has 8 heteroatoms. The highest BCUT2D eigenvalue weighted by molar-refractivity contribution is 7.89. The van der Waals surface area contributed by atoms with E-state index in [4.69, 9.17) is 0 Å². The fraction of sp³-hybridized carbons (Fsp3) is 0.455. The molecule has 1 aromatic carbocycles. The van der Waals surface area contributed by atoms with Crippen LogP contribution in [-0.2, 0) is 23.0 Å². The number of aromatic nitrogens is 2. The monoisotopic (exact) mass is 442 g/mol. The minimum Gasteiger partial charge on any atom is -0.298 e. The van der Waals surface area contributed by atoms with E-state index in [1.807, 2.05) is 6.92 Å². The molecule has 1 saturated heterocycles. The topological polar surface area (TPSA) is 66.4 Å². The van der Waals surface area contributed by atoms with Crippen LogP contribution in [0, 0.1) is 12.8 Å². The molecular weight excluding hydrogens is 416 g/mol. The minimum absolute atomic E-state index is 0.155. The summed E-state index contributed by atoms with van der Waals surface area (Å²) in [4.78, 5) is 6.82. The Morgan fingerprint density at radius 3 is 2.67 bits per heavy atom. The Hall–Kier alpha value is -1.87. The lowest BCUT2D eigenvalue weighted by atomic mass is 9.94. The van der Waals surface area contributed by atoms with E-state index in [0.717, 1.165) is 49.2 Å². The predicted molar refractivity (Wildman–Crippen MR) is 119 cm³/mol. The number of piperidine rings is 1. The number of benzene rings is 1. The summed E-state index contributed by atoms with van der Waals surface area (Å²) in [5.74, 6) is 0.538. The summed E-state index contributed by atoms with van der Waals surface area (Å²) < 4.78 is 33.3. The van der Waals surface area contributed by atoms with Crippen LogP contribution in [0.3, 0.4) is 0 Å². The first-order valence-electron chi connectivity index (χ1n) is 10.5. The van der Waals surface area contributed by atoms with Crippen molar-refractivity contribution >= 4 is 31.6 Å². The highest BCUT2D eigenvalue weighted by Crippen LogP contribution is 2.31. The number of hydrogen-bond acceptors (Lipinski definition) is 6. The predicted octanol–water partition coefficient (Wildman–Crippen LogP) is 3.46. The van der Waals surface area contributed by atoms with Crippen LogP contribution >= 0.6 is 11.5 Å². The van der Waals surface area contributed by atoms with Crippen molar-refractivity contribution in [2.75, 3.05) is 26.2 Å². The van der Waals surface area contributed by atoms with E-state index in [1.165, 1.54) is 22.7 Å². The van der Waals surface area contributed by atoms with Crippen LogP contribution in [-0.4, -0.2) is 53.2 Å². The van der Waals surface area contributed by atoms with Gasteiger partial charge in [-0.25, -0.2) is 13.4 Å². The summed E-state index contributed by atoms with van der Waals surface area (Å²) in [6.45, 7) is 6.20. The number of nitrogens with zero attached hydrogens (tertiary/aromatic N) is 4. The molecule has 5 rings (SSSR count). The molecule has 0 N–H and O–H groups in total. The van der Waals surface area contributed by atoms with E-state index in [9.17, 15) is 8.42 Å². The lowest BCUT2D eigenvalue weighted by Gasteiger charge is -2.36. The molecule has 0 atom stereocenters. The van der Waals surface area contributed by atoms with Crippen molar-refractivity contribution < 1.29 is 8.42 Å². The number of pyridine rings is 1. The Morgan fingerprint density at radius 1 is 1.10 bits per heavy atom. The molecule has 0 spiro atoms. The molecule has 158 valence electrons. The van der Waals surface area contributed by atoms with E-state index >= 15 is 0 Å². The first kappa shape index (κ1) is 20.1. The summed E-state index contributed by atoms with van der Waals surface area (Å²) >= 11 is 1.33. The van der Waals surface area contributed by atoms with Crippen LogP contribution in [0.25, 0.3) is 10.1 Å². The van der Waals surface area contributed by atoms with Gasteiger partial charge in [0.25, 0.3) is 10.0 Å². The Morgan fingerprint density at radius 2 is 1.87 bits per heavy atom. The van der Waals surface area contributed by atoms with Crippen molar-refractivity contribution in [1.82, 2.24) is 18.6 Å². The zero-order chi connectivity index (χ0) is 20.7. The fourth-order valence-corrected chi connectivity index (χ4v) is 7.02. The van der Waals surface area contributed by atoms with E-state index in [0.29, 0.717) is 24.4 Å². The number of fused-ring (bicyclic) bond motifs is 2. The van der Waals surface area contributed by atoms with Crippen molar-refractivity contribution in [1.29, 1.82) is 0 Å². The highest BCUT2D eigenvalue weighted by Gasteiger charge is 2.33. The Kier molecular flexibility index (Phi) is 5.35. The van der Waals surface area contributed by atoms with Gasteiger partial charge in [-0.15, -0.1) is 0 Å². The number of rotatable bonds is 4. The van der Waals surface area contributed by atoms with Gasteiger partial charge in [0.05, 0.1) is 16.3 Å². The smallest absolute Gasteiger partial charge is 0.261 e. The summed E-state index contributed by atoms with van der Waals surface area (Å²) in [7, 11) is -3.60. The van der Waals surface area contributed by atoms with Crippen molar-refractivity contribution in [3.05, 3.63) is 53.3 Å². The first-order chi connectivity index (χ1) is 14.5. The maximum atomic E-state index is 13.3. The van der Waals surface area contributed by atoms with E-state index in [1.54, 1.807) is 16.7 Å². The van der Waals surface area contributed by atoms with Gasteiger partial charge >= 0.3 is 0 Å². The fourth-order valence-electron chi connectivity index (χ4n) is 4.70. The van der Waals surface area contributed by atoms with E-state index in [2.05, 4.69) is 38.5 Å². The average molecular weight is 443 g/mol. The number of hydrogen-bond donors (Lipinski definition) is 0. The molecular formula is C22H26N4O2S2. The van der Waals surface area contributed by atoms with Crippen LogP contribution < -0.4 is 0 Å². The average Bonchev–Trinajstić information content (AvgIpc) is 3.25. The third kappa shape index (κ3) is 3.66. The molecule has 4 heterocycles. The van der Waals surface area contributed by atoms with Crippen molar-refractivity contribution in [3.8, 4) is 0 Å². The lowest BCUT2D eigenvalue weighted by molar-refractivity contribution is 0.171. The Labute approximate surface area is 181 Å². The Balaban J connectivity index is 1.25. The summed E-state index contributed by atoms with van der Waals surface area (Å²) in [6.07, 6.45) is 6.18. The molecule has 2 aliphatic rings. The first-order valence-corrected chi connectivity index (χ1v) is 12.7. The van der Waals surface area contributed by atoms with Gasteiger partial charge in [-0.05, 0) is 60.3 Å².